The Kier molecular flexibility index (Phi) is 6.24. The molecule has 1 saturated heterocycles. The molecule has 1 atom stereocenters. The predicted octanol–water partition coefficient (Wildman–Crippen LogP) is 0.483. The van der Waals surface area contributed by atoms with Crippen LogP contribution in [0.15, 0.2) is 29.2 Å². The van der Waals surface area contributed by atoms with Crippen molar-refractivity contribution in [2.45, 2.75) is 24.3 Å². The number of likely N-dealkylation sites (N-methyl/N-ethyl adjacent to an activating group) is 1. The van der Waals surface area contributed by atoms with E-state index in [1.807, 2.05) is 0 Å². The summed E-state index contributed by atoms with van der Waals surface area (Å²) < 4.78 is 54.8. The normalized spacial score (nSPS) is 18.9. The first-order chi connectivity index (χ1) is 11.3. The second-order valence-electron chi connectivity index (χ2n) is 5.72. The number of hydrogen-bond acceptors (Lipinski definition) is 6. The van der Waals surface area contributed by atoms with Gasteiger partial charge in [0, 0.05) is 25.4 Å². The molecule has 0 saturated carbocycles. The molecule has 1 aliphatic heterocycles. The summed E-state index contributed by atoms with van der Waals surface area (Å²) in [5.74, 6) is 0.474. The SMILES string of the molecule is CCS(=O)(=O)CCOc1ccc(S(=O)(=O)N(C)C2CCNC2)cc1. The minimum Gasteiger partial charge on any atom is -0.493 e. The van der Waals surface area contributed by atoms with E-state index < -0.39 is 19.9 Å². The Labute approximate surface area is 144 Å². The van der Waals surface area contributed by atoms with Gasteiger partial charge in [0.1, 0.15) is 12.4 Å². The smallest absolute Gasteiger partial charge is 0.243 e. The number of nitrogens with one attached hydrogen (secondary N) is 1. The number of ether oxygens (including phenoxy) is 1. The molecule has 24 heavy (non-hydrogen) atoms. The molecule has 0 bridgehead atoms. The lowest BCUT2D eigenvalue weighted by molar-refractivity contribution is 0.340. The minimum absolute atomic E-state index is 0.0369. The summed E-state index contributed by atoms with van der Waals surface area (Å²) >= 11 is 0. The Morgan fingerprint density at radius 3 is 2.42 bits per heavy atom. The van der Waals surface area contributed by atoms with Gasteiger partial charge in [-0.15, -0.1) is 0 Å². The highest BCUT2D eigenvalue weighted by Crippen LogP contribution is 2.22. The number of rotatable bonds is 8. The van der Waals surface area contributed by atoms with Gasteiger partial charge in [0.25, 0.3) is 0 Å². The molecule has 1 heterocycles. The second kappa shape index (κ2) is 7.81. The second-order valence-corrected chi connectivity index (χ2v) is 10.2. The van der Waals surface area contributed by atoms with Gasteiger partial charge < -0.3 is 10.1 Å². The maximum atomic E-state index is 12.6. The average Bonchev–Trinajstić information content (AvgIpc) is 3.09. The van der Waals surface area contributed by atoms with Crippen LogP contribution in [-0.4, -0.2) is 65.4 Å². The lowest BCUT2D eigenvalue weighted by atomic mass is 10.3. The van der Waals surface area contributed by atoms with Gasteiger partial charge in [-0.2, -0.15) is 4.31 Å². The zero-order chi connectivity index (χ0) is 17.8. The quantitative estimate of drug-likeness (QED) is 0.709. The molecule has 0 radical (unpaired) electrons. The minimum atomic E-state index is -3.54. The van der Waals surface area contributed by atoms with E-state index >= 15 is 0 Å². The zero-order valence-electron chi connectivity index (χ0n) is 13.9. The van der Waals surface area contributed by atoms with Crippen molar-refractivity contribution in [2.75, 3.05) is 38.2 Å². The van der Waals surface area contributed by atoms with Gasteiger partial charge in [-0.3, -0.25) is 0 Å². The van der Waals surface area contributed by atoms with E-state index in [-0.39, 0.29) is 29.0 Å². The van der Waals surface area contributed by atoms with Gasteiger partial charge in [0.15, 0.2) is 9.84 Å². The third-order valence-electron chi connectivity index (χ3n) is 4.15. The van der Waals surface area contributed by atoms with Gasteiger partial charge in [0.2, 0.25) is 10.0 Å². The van der Waals surface area contributed by atoms with E-state index in [1.54, 1.807) is 26.1 Å². The summed E-state index contributed by atoms with van der Waals surface area (Å²) in [4.78, 5) is 0.199. The van der Waals surface area contributed by atoms with E-state index in [4.69, 9.17) is 4.74 Å². The molecule has 0 amide bonds. The van der Waals surface area contributed by atoms with Crippen molar-refractivity contribution in [3.05, 3.63) is 24.3 Å². The zero-order valence-corrected chi connectivity index (χ0v) is 15.6. The molecule has 1 aromatic rings. The number of hydrogen-bond donors (Lipinski definition) is 1. The van der Waals surface area contributed by atoms with Gasteiger partial charge in [-0.25, -0.2) is 16.8 Å². The fourth-order valence-corrected chi connectivity index (χ4v) is 4.46. The Bertz CT molecular complexity index is 739. The molecule has 0 spiro atoms. The van der Waals surface area contributed by atoms with Crippen molar-refractivity contribution in [2.24, 2.45) is 0 Å². The molecule has 1 aromatic carbocycles. The molecular weight excluding hydrogens is 352 g/mol. The van der Waals surface area contributed by atoms with E-state index in [0.29, 0.717) is 12.3 Å². The van der Waals surface area contributed by atoms with Crippen molar-refractivity contribution in [1.82, 2.24) is 9.62 Å². The van der Waals surface area contributed by atoms with Crippen molar-refractivity contribution >= 4 is 19.9 Å². The van der Waals surface area contributed by atoms with Gasteiger partial charge in [0.05, 0.1) is 10.6 Å². The monoisotopic (exact) mass is 376 g/mol. The molecular formula is C15H24N2O5S2. The Balaban J connectivity index is 2.00. The first-order valence-electron chi connectivity index (χ1n) is 7.88. The summed E-state index contributed by atoms with van der Waals surface area (Å²) in [6, 6.07) is 6.03. The van der Waals surface area contributed by atoms with Gasteiger partial charge in [-0.05, 0) is 37.2 Å². The van der Waals surface area contributed by atoms with Crippen LogP contribution in [0.25, 0.3) is 0 Å². The highest BCUT2D eigenvalue weighted by atomic mass is 32.2. The third kappa shape index (κ3) is 4.69. The number of sulfonamides is 1. The third-order valence-corrected chi connectivity index (χ3v) is 7.74. The maximum Gasteiger partial charge on any atom is 0.243 e. The van der Waals surface area contributed by atoms with E-state index in [9.17, 15) is 16.8 Å². The summed E-state index contributed by atoms with van der Waals surface area (Å²) in [7, 11) is -5.03. The van der Waals surface area contributed by atoms with Crippen molar-refractivity contribution in [1.29, 1.82) is 0 Å². The van der Waals surface area contributed by atoms with Crippen LogP contribution >= 0.6 is 0 Å². The van der Waals surface area contributed by atoms with Crippen molar-refractivity contribution < 1.29 is 21.6 Å². The van der Waals surface area contributed by atoms with Crippen LogP contribution in [-0.2, 0) is 19.9 Å². The van der Waals surface area contributed by atoms with Crippen LogP contribution in [0.4, 0.5) is 0 Å². The van der Waals surface area contributed by atoms with Crippen LogP contribution in [0.3, 0.4) is 0 Å². The molecule has 9 heteroatoms. The summed E-state index contributed by atoms with van der Waals surface area (Å²) in [5, 5.41) is 3.15. The molecule has 136 valence electrons. The van der Waals surface area contributed by atoms with E-state index in [1.165, 1.54) is 16.4 Å². The number of nitrogens with zero attached hydrogens (tertiary/aromatic N) is 1. The molecule has 7 nitrogen and oxygen atoms in total. The average molecular weight is 377 g/mol. The molecule has 1 unspecified atom stereocenters. The maximum absolute atomic E-state index is 12.6. The fourth-order valence-electron chi connectivity index (χ4n) is 2.45. The molecule has 1 N–H and O–H groups in total. The summed E-state index contributed by atoms with van der Waals surface area (Å²) in [6.45, 7) is 3.11. The van der Waals surface area contributed by atoms with Crippen molar-refractivity contribution in [3.8, 4) is 5.75 Å². The van der Waals surface area contributed by atoms with E-state index in [0.717, 1.165) is 13.0 Å². The van der Waals surface area contributed by atoms with Crippen LogP contribution in [0.1, 0.15) is 13.3 Å². The van der Waals surface area contributed by atoms with Crippen LogP contribution < -0.4 is 10.1 Å². The first-order valence-corrected chi connectivity index (χ1v) is 11.1. The fraction of sp³-hybridized carbons (Fsp3) is 0.600. The Morgan fingerprint density at radius 1 is 1.21 bits per heavy atom. The topological polar surface area (TPSA) is 92.8 Å². The van der Waals surface area contributed by atoms with E-state index in [2.05, 4.69) is 5.32 Å². The number of benzene rings is 1. The molecule has 1 fully saturated rings. The molecule has 0 aliphatic carbocycles. The Morgan fingerprint density at radius 2 is 1.88 bits per heavy atom. The molecule has 1 aliphatic rings. The number of sulfone groups is 1. The summed E-state index contributed by atoms with van der Waals surface area (Å²) in [5.41, 5.74) is 0. The Hall–Kier alpha value is -1.16. The summed E-state index contributed by atoms with van der Waals surface area (Å²) in [6.07, 6.45) is 0.794. The lowest BCUT2D eigenvalue weighted by Crippen LogP contribution is -2.38. The highest BCUT2D eigenvalue weighted by molar-refractivity contribution is 7.91. The van der Waals surface area contributed by atoms with Gasteiger partial charge >= 0.3 is 0 Å². The highest BCUT2D eigenvalue weighted by Gasteiger charge is 2.29. The molecule has 2 rings (SSSR count). The lowest BCUT2D eigenvalue weighted by Gasteiger charge is -2.23. The molecule has 0 aromatic heterocycles. The van der Waals surface area contributed by atoms with Crippen LogP contribution in [0, 0.1) is 0 Å². The van der Waals surface area contributed by atoms with Crippen LogP contribution in [0.5, 0.6) is 5.75 Å². The standard InChI is InChI=1S/C15H24N2O5S2/c1-3-23(18,19)11-10-22-14-4-6-15(7-5-14)24(20,21)17(2)13-8-9-16-12-13/h4-7,13,16H,3,8-12H2,1-2H3. The first kappa shape index (κ1) is 19.2. The van der Waals surface area contributed by atoms with Gasteiger partial charge in [-0.1, -0.05) is 6.92 Å². The van der Waals surface area contributed by atoms with Crippen LogP contribution in [0.2, 0.25) is 0 Å². The largest absolute Gasteiger partial charge is 0.493 e. The predicted molar refractivity (Wildman–Crippen MR) is 92.5 cm³/mol. The van der Waals surface area contributed by atoms with Crippen molar-refractivity contribution in [3.63, 3.8) is 0 Å².